The van der Waals surface area contributed by atoms with Crippen LogP contribution in [0.15, 0.2) is 35.4 Å². The number of nitrogens with one attached hydrogen (secondary N) is 1. The van der Waals surface area contributed by atoms with Gasteiger partial charge in [0.05, 0.1) is 11.6 Å². The number of fused-ring (bicyclic) bond motifs is 1. The van der Waals surface area contributed by atoms with Crippen LogP contribution in [0.1, 0.15) is 31.2 Å². The van der Waals surface area contributed by atoms with E-state index in [1.165, 1.54) is 0 Å². The van der Waals surface area contributed by atoms with Crippen LogP contribution in [0, 0.1) is 6.92 Å². The molecule has 0 radical (unpaired) electrons. The quantitative estimate of drug-likeness (QED) is 0.908. The van der Waals surface area contributed by atoms with Crippen molar-refractivity contribution in [2.75, 3.05) is 0 Å². The smallest absolute Gasteiger partial charge is 0.242 e. The number of aryl methyl sites for hydroxylation is 1. The summed E-state index contributed by atoms with van der Waals surface area (Å²) in [5.74, 6) is 0. The van der Waals surface area contributed by atoms with Crippen LogP contribution in [0.25, 0.3) is 10.9 Å². The minimum Gasteiger partial charge on any atom is -0.393 e. The number of hydrogen-bond donors (Lipinski definition) is 2. The number of hydrogen-bond acceptors (Lipinski definition) is 4. The van der Waals surface area contributed by atoms with Crippen molar-refractivity contribution in [3.05, 3.63) is 36.0 Å². The van der Waals surface area contributed by atoms with Crippen LogP contribution in [-0.4, -0.2) is 30.7 Å². The largest absolute Gasteiger partial charge is 0.393 e. The van der Waals surface area contributed by atoms with Gasteiger partial charge in [-0.15, -0.1) is 0 Å². The highest BCUT2D eigenvalue weighted by Gasteiger charge is 2.26. The van der Waals surface area contributed by atoms with Crippen LogP contribution < -0.4 is 4.72 Å². The van der Waals surface area contributed by atoms with Gasteiger partial charge in [0, 0.05) is 17.6 Å². The third-order valence-electron chi connectivity index (χ3n) is 4.12. The SMILES string of the molecule is Cc1cnc2c(S(=O)(=O)NC3CCC(O)CC3)cccc2c1. The Hall–Kier alpha value is -1.50. The molecular weight excluding hydrogens is 300 g/mol. The third kappa shape index (κ3) is 3.14. The third-order valence-corrected chi connectivity index (χ3v) is 5.67. The number of rotatable bonds is 3. The number of sulfonamides is 1. The second-order valence-electron chi connectivity index (χ2n) is 5.97. The number of aliphatic hydroxyl groups excluding tert-OH is 1. The molecule has 1 aromatic carbocycles. The molecule has 1 aliphatic rings. The fourth-order valence-corrected chi connectivity index (χ4v) is 4.42. The molecule has 2 N–H and O–H groups in total. The molecule has 0 saturated heterocycles. The molecule has 0 aliphatic heterocycles. The van der Waals surface area contributed by atoms with Crippen LogP contribution >= 0.6 is 0 Å². The molecule has 0 bridgehead atoms. The molecule has 0 spiro atoms. The first kappa shape index (κ1) is 15.4. The Labute approximate surface area is 130 Å². The van der Waals surface area contributed by atoms with Crippen molar-refractivity contribution >= 4 is 20.9 Å². The molecule has 6 heteroatoms. The van der Waals surface area contributed by atoms with Gasteiger partial charge in [-0.1, -0.05) is 12.1 Å². The first-order valence-electron chi connectivity index (χ1n) is 7.51. The Morgan fingerprint density at radius 1 is 1.23 bits per heavy atom. The molecule has 1 heterocycles. The molecule has 1 fully saturated rings. The summed E-state index contributed by atoms with van der Waals surface area (Å²) in [6, 6.07) is 7.01. The zero-order valence-electron chi connectivity index (χ0n) is 12.5. The van der Waals surface area contributed by atoms with Gasteiger partial charge in [0.15, 0.2) is 0 Å². The van der Waals surface area contributed by atoms with E-state index in [0.29, 0.717) is 31.2 Å². The zero-order chi connectivity index (χ0) is 15.7. The summed E-state index contributed by atoms with van der Waals surface area (Å²) < 4.78 is 28.1. The van der Waals surface area contributed by atoms with Crippen LogP contribution in [-0.2, 0) is 10.0 Å². The van der Waals surface area contributed by atoms with E-state index in [-0.39, 0.29) is 17.0 Å². The Morgan fingerprint density at radius 2 is 1.95 bits per heavy atom. The van der Waals surface area contributed by atoms with E-state index in [0.717, 1.165) is 10.9 Å². The van der Waals surface area contributed by atoms with Gasteiger partial charge < -0.3 is 5.11 Å². The van der Waals surface area contributed by atoms with Gasteiger partial charge >= 0.3 is 0 Å². The lowest BCUT2D eigenvalue weighted by Gasteiger charge is -2.26. The maximum absolute atomic E-state index is 12.7. The lowest BCUT2D eigenvalue weighted by molar-refractivity contribution is 0.120. The molecule has 0 amide bonds. The Bertz CT molecular complexity index is 781. The highest BCUT2D eigenvalue weighted by atomic mass is 32.2. The molecule has 0 atom stereocenters. The number of pyridine rings is 1. The lowest BCUT2D eigenvalue weighted by atomic mass is 9.94. The van der Waals surface area contributed by atoms with E-state index >= 15 is 0 Å². The van der Waals surface area contributed by atoms with Gasteiger partial charge in [-0.05, 0) is 50.3 Å². The summed E-state index contributed by atoms with van der Waals surface area (Å²) >= 11 is 0. The normalized spacial score (nSPS) is 22.8. The average Bonchev–Trinajstić information content (AvgIpc) is 2.48. The predicted octanol–water partition coefficient (Wildman–Crippen LogP) is 2.13. The monoisotopic (exact) mass is 320 g/mol. The summed E-state index contributed by atoms with van der Waals surface area (Å²) in [4.78, 5) is 4.51. The van der Waals surface area contributed by atoms with Crippen molar-refractivity contribution in [2.45, 2.75) is 49.6 Å². The minimum absolute atomic E-state index is 0.117. The highest BCUT2D eigenvalue weighted by Crippen LogP contribution is 2.24. The van der Waals surface area contributed by atoms with E-state index in [4.69, 9.17) is 0 Å². The first-order valence-corrected chi connectivity index (χ1v) is 9.00. The summed E-state index contributed by atoms with van der Waals surface area (Å²) in [6.45, 7) is 1.93. The summed E-state index contributed by atoms with van der Waals surface area (Å²) in [5.41, 5.74) is 1.49. The van der Waals surface area contributed by atoms with Gasteiger partial charge in [-0.25, -0.2) is 13.1 Å². The minimum atomic E-state index is -3.61. The number of nitrogens with zero attached hydrogens (tertiary/aromatic N) is 1. The second-order valence-corrected chi connectivity index (χ2v) is 7.65. The Morgan fingerprint density at radius 3 is 2.68 bits per heavy atom. The van der Waals surface area contributed by atoms with Gasteiger partial charge in [0.2, 0.25) is 10.0 Å². The van der Waals surface area contributed by atoms with Crippen molar-refractivity contribution in [3.63, 3.8) is 0 Å². The summed E-state index contributed by atoms with van der Waals surface area (Å²) in [6.07, 6.45) is 3.98. The molecule has 1 aromatic heterocycles. The van der Waals surface area contributed by atoms with E-state index in [9.17, 15) is 13.5 Å². The van der Waals surface area contributed by atoms with Gasteiger partial charge in [0.1, 0.15) is 4.90 Å². The van der Waals surface area contributed by atoms with Crippen LogP contribution in [0.5, 0.6) is 0 Å². The molecule has 1 aliphatic carbocycles. The maximum atomic E-state index is 12.7. The van der Waals surface area contributed by atoms with Crippen molar-refractivity contribution < 1.29 is 13.5 Å². The molecular formula is C16H20N2O3S. The van der Waals surface area contributed by atoms with E-state index in [2.05, 4.69) is 9.71 Å². The standard InChI is InChI=1S/C16H20N2O3S/c1-11-9-12-3-2-4-15(16(12)17-10-11)22(20,21)18-13-5-7-14(19)8-6-13/h2-4,9-10,13-14,18-19H,5-8H2,1H3. The fraction of sp³-hybridized carbons (Fsp3) is 0.438. The van der Waals surface area contributed by atoms with Crippen molar-refractivity contribution in [1.82, 2.24) is 9.71 Å². The first-order chi connectivity index (χ1) is 10.5. The lowest BCUT2D eigenvalue weighted by Crippen LogP contribution is -2.38. The molecule has 22 heavy (non-hydrogen) atoms. The molecule has 2 aromatic rings. The average molecular weight is 320 g/mol. The van der Waals surface area contributed by atoms with Crippen LogP contribution in [0.2, 0.25) is 0 Å². The number of aromatic nitrogens is 1. The molecule has 0 unspecified atom stereocenters. The zero-order valence-corrected chi connectivity index (χ0v) is 13.3. The predicted molar refractivity (Wildman–Crippen MR) is 85.1 cm³/mol. The van der Waals surface area contributed by atoms with Gasteiger partial charge in [-0.3, -0.25) is 4.98 Å². The van der Waals surface area contributed by atoms with Crippen LogP contribution in [0.4, 0.5) is 0 Å². The molecule has 118 valence electrons. The van der Waals surface area contributed by atoms with Crippen LogP contribution in [0.3, 0.4) is 0 Å². The van der Waals surface area contributed by atoms with Crippen molar-refractivity contribution in [2.24, 2.45) is 0 Å². The number of benzene rings is 1. The number of aliphatic hydroxyl groups is 1. The maximum Gasteiger partial charge on any atom is 0.242 e. The van der Waals surface area contributed by atoms with Gasteiger partial charge in [0.25, 0.3) is 0 Å². The van der Waals surface area contributed by atoms with E-state index < -0.39 is 10.0 Å². The molecule has 3 rings (SSSR count). The highest BCUT2D eigenvalue weighted by molar-refractivity contribution is 7.89. The Balaban J connectivity index is 1.92. The summed E-state index contributed by atoms with van der Waals surface area (Å²) in [5, 5.41) is 10.3. The number of para-hydroxylation sites is 1. The second kappa shape index (κ2) is 5.95. The molecule has 5 nitrogen and oxygen atoms in total. The van der Waals surface area contributed by atoms with E-state index in [1.54, 1.807) is 18.3 Å². The molecule has 1 saturated carbocycles. The van der Waals surface area contributed by atoms with E-state index in [1.807, 2.05) is 19.1 Å². The Kier molecular flexibility index (Phi) is 4.16. The van der Waals surface area contributed by atoms with Gasteiger partial charge in [-0.2, -0.15) is 0 Å². The van der Waals surface area contributed by atoms with Crippen molar-refractivity contribution in [1.29, 1.82) is 0 Å². The summed E-state index contributed by atoms with van der Waals surface area (Å²) in [7, 11) is -3.61. The van der Waals surface area contributed by atoms with Crippen molar-refractivity contribution in [3.8, 4) is 0 Å². The topological polar surface area (TPSA) is 79.3 Å². The fourth-order valence-electron chi connectivity index (χ4n) is 2.94.